The standard InChI is InChI=1S/C24H20O8/c1-28-14-8-12(7-13(26)9-14)21-19(11-25)31-24-22-16(10-18(29-2)23(24)32-21)20(27)15-5-3-4-6-17(15)30-22/h3-10,19,21,25-26H,11H2,1-2H3/t19-,21-/m1/s1. The zero-order valence-corrected chi connectivity index (χ0v) is 17.3. The molecule has 5 rings (SSSR count). The lowest BCUT2D eigenvalue weighted by molar-refractivity contribution is -0.0134. The third-order valence-electron chi connectivity index (χ3n) is 5.47. The number of aliphatic hydroxyl groups is 1. The molecule has 0 aliphatic carbocycles. The smallest absolute Gasteiger partial charge is 0.209 e. The molecule has 2 atom stereocenters. The fraction of sp³-hybridized carbons (Fsp3) is 0.208. The normalized spacial score (nSPS) is 17.5. The summed E-state index contributed by atoms with van der Waals surface area (Å²) in [6.07, 6.45) is -1.63. The van der Waals surface area contributed by atoms with Gasteiger partial charge in [0.2, 0.25) is 16.9 Å². The maximum atomic E-state index is 13.1. The summed E-state index contributed by atoms with van der Waals surface area (Å²) >= 11 is 0. The molecule has 2 N–H and O–H groups in total. The number of ether oxygens (including phenoxy) is 4. The fourth-order valence-corrected chi connectivity index (χ4v) is 3.96. The molecule has 8 heteroatoms. The van der Waals surface area contributed by atoms with Gasteiger partial charge in [-0.05, 0) is 30.3 Å². The predicted molar refractivity (Wildman–Crippen MR) is 116 cm³/mol. The van der Waals surface area contributed by atoms with E-state index in [1.807, 2.05) is 0 Å². The van der Waals surface area contributed by atoms with Gasteiger partial charge < -0.3 is 33.6 Å². The molecule has 8 nitrogen and oxygen atoms in total. The minimum atomic E-state index is -0.846. The highest BCUT2D eigenvalue weighted by atomic mass is 16.6. The van der Waals surface area contributed by atoms with E-state index in [0.717, 1.165) is 0 Å². The van der Waals surface area contributed by atoms with Crippen molar-refractivity contribution in [2.45, 2.75) is 12.2 Å². The Morgan fingerprint density at radius 3 is 2.53 bits per heavy atom. The number of hydrogen-bond acceptors (Lipinski definition) is 8. The largest absolute Gasteiger partial charge is 0.508 e. The first kappa shape index (κ1) is 20.0. The molecule has 32 heavy (non-hydrogen) atoms. The Morgan fingerprint density at radius 1 is 0.969 bits per heavy atom. The van der Waals surface area contributed by atoms with Crippen molar-refractivity contribution < 1.29 is 33.6 Å². The van der Waals surface area contributed by atoms with Gasteiger partial charge in [-0.1, -0.05) is 12.1 Å². The van der Waals surface area contributed by atoms with Gasteiger partial charge in [0.05, 0.1) is 31.6 Å². The van der Waals surface area contributed by atoms with Gasteiger partial charge in [-0.15, -0.1) is 0 Å². The van der Waals surface area contributed by atoms with Crippen molar-refractivity contribution in [3.05, 3.63) is 64.3 Å². The van der Waals surface area contributed by atoms with Crippen LogP contribution in [-0.4, -0.2) is 37.1 Å². The summed E-state index contributed by atoms with van der Waals surface area (Å²) in [7, 11) is 2.94. The van der Waals surface area contributed by atoms with Crippen LogP contribution in [0.5, 0.6) is 28.7 Å². The average Bonchev–Trinajstić information content (AvgIpc) is 2.82. The summed E-state index contributed by atoms with van der Waals surface area (Å²) in [4.78, 5) is 13.1. The first-order valence-corrected chi connectivity index (χ1v) is 9.92. The van der Waals surface area contributed by atoms with Crippen molar-refractivity contribution in [3.63, 3.8) is 0 Å². The van der Waals surface area contributed by atoms with E-state index >= 15 is 0 Å². The summed E-state index contributed by atoms with van der Waals surface area (Å²) in [5, 5.41) is 20.8. The fourth-order valence-electron chi connectivity index (χ4n) is 3.96. The van der Waals surface area contributed by atoms with Crippen LogP contribution in [0.3, 0.4) is 0 Å². The van der Waals surface area contributed by atoms with E-state index in [0.29, 0.717) is 22.3 Å². The van der Waals surface area contributed by atoms with Gasteiger partial charge in [0.1, 0.15) is 17.1 Å². The summed E-state index contributed by atoms with van der Waals surface area (Å²) in [5.41, 5.74) is 0.914. The van der Waals surface area contributed by atoms with E-state index in [-0.39, 0.29) is 39.4 Å². The van der Waals surface area contributed by atoms with Gasteiger partial charge in [0.25, 0.3) is 0 Å². The van der Waals surface area contributed by atoms with E-state index in [4.69, 9.17) is 23.4 Å². The summed E-state index contributed by atoms with van der Waals surface area (Å²) in [6.45, 7) is -0.390. The summed E-state index contributed by atoms with van der Waals surface area (Å²) < 4.78 is 29.1. The number of hydrogen-bond donors (Lipinski definition) is 2. The van der Waals surface area contributed by atoms with E-state index in [1.54, 1.807) is 36.4 Å². The topological polar surface area (TPSA) is 108 Å². The quantitative estimate of drug-likeness (QED) is 0.468. The monoisotopic (exact) mass is 436 g/mol. The van der Waals surface area contributed by atoms with Crippen LogP contribution in [0.15, 0.2) is 57.7 Å². The van der Waals surface area contributed by atoms with Crippen molar-refractivity contribution in [3.8, 4) is 28.7 Å². The molecule has 0 saturated carbocycles. The highest BCUT2D eigenvalue weighted by Crippen LogP contribution is 2.50. The number of fused-ring (bicyclic) bond motifs is 4. The number of benzene rings is 3. The van der Waals surface area contributed by atoms with E-state index in [1.165, 1.54) is 26.4 Å². The Kier molecular flexibility index (Phi) is 4.79. The van der Waals surface area contributed by atoms with Crippen LogP contribution in [0.4, 0.5) is 0 Å². The number of aromatic hydroxyl groups is 1. The molecule has 2 heterocycles. The first-order valence-electron chi connectivity index (χ1n) is 9.92. The van der Waals surface area contributed by atoms with Crippen LogP contribution in [0, 0.1) is 0 Å². The number of phenolic OH excluding ortho intramolecular Hbond substituents is 1. The van der Waals surface area contributed by atoms with E-state index in [2.05, 4.69) is 0 Å². The Bertz CT molecular complexity index is 1390. The SMILES string of the molecule is COc1cc(O)cc([C@H]2Oc3c(OC)cc4c(=O)c5ccccc5oc4c3O[C@@H]2CO)c1. The Morgan fingerprint density at radius 2 is 1.78 bits per heavy atom. The minimum Gasteiger partial charge on any atom is -0.508 e. The molecule has 1 aliphatic heterocycles. The maximum absolute atomic E-state index is 13.1. The number of aliphatic hydroxyl groups excluding tert-OH is 1. The Labute approximate surface area is 182 Å². The molecule has 0 saturated heterocycles. The molecule has 164 valence electrons. The van der Waals surface area contributed by atoms with Gasteiger partial charge in [0, 0.05) is 11.6 Å². The lowest BCUT2D eigenvalue weighted by atomic mass is 10.0. The van der Waals surface area contributed by atoms with Crippen LogP contribution in [-0.2, 0) is 0 Å². The van der Waals surface area contributed by atoms with Crippen molar-refractivity contribution in [2.24, 2.45) is 0 Å². The zero-order chi connectivity index (χ0) is 22.4. The molecule has 0 amide bonds. The van der Waals surface area contributed by atoms with Crippen molar-refractivity contribution in [2.75, 3.05) is 20.8 Å². The van der Waals surface area contributed by atoms with Crippen LogP contribution in [0.25, 0.3) is 21.9 Å². The molecule has 0 spiro atoms. The molecule has 1 aliphatic rings. The summed E-state index contributed by atoms with van der Waals surface area (Å²) in [5.74, 6) is 1.09. The van der Waals surface area contributed by atoms with Crippen LogP contribution in [0.1, 0.15) is 11.7 Å². The molecular weight excluding hydrogens is 416 g/mol. The molecule has 0 bridgehead atoms. The van der Waals surface area contributed by atoms with Crippen molar-refractivity contribution in [1.29, 1.82) is 0 Å². The van der Waals surface area contributed by atoms with E-state index in [9.17, 15) is 15.0 Å². The van der Waals surface area contributed by atoms with Gasteiger partial charge >= 0.3 is 0 Å². The number of methoxy groups -OCH3 is 2. The molecular formula is C24H20O8. The third kappa shape index (κ3) is 3.07. The molecule has 0 radical (unpaired) electrons. The maximum Gasteiger partial charge on any atom is 0.209 e. The lowest BCUT2D eigenvalue weighted by Crippen LogP contribution is -2.36. The second kappa shape index (κ2) is 7.65. The molecule has 1 aromatic heterocycles. The Hall–Kier alpha value is -3.91. The highest BCUT2D eigenvalue weighted by molar-refractivity contribution is 5.95. The number of para-hydroxylation sites is 1. The second-order valence-corrected chi connectivity index (χ2v) is 7.38. The van der Waals surface area contributed by atoms with Crippen molar-refractivity contribution >= 4 is 21.9 Å². The number of phenols is 1. The molecule has 0 fully saturated rings. The average molecular weight is 436 g/mol. The van der Waals surface area contributed by atoms with Crippen molar-refractivity contribution in [1.82, 2.24) is 0 Å². The Balaban J connectivity index is 1.73. The predicted octanol–water partition coefficient (Wildman–Crippen LogP) is 3.54. The van der Waals surface area contributed by atoms with Gasteiger partial charge in [-0.3, -0.25) is 4.79 Å². The van der Waals surface area contributed by atoms with Crippen LogP contribution in [0.2, 0.25) is 0 Å². The van der Waals surface area contributed by atoms with Gasteiger partial charge in [-0.2, -0.15) is 0 Å². The first-order chi connectivity index (χ1) is 15.5. The van der Waals surface area contributed by atoms with Gasteiger partial charge in [0.15, 0.2) is 23.5 Å². The van der Waals surface area contributed by atoms with Gasteiger partial charge in [-0.25, -0.2) is 0 Å². The van der Waals surface area contributed by atoms with E-state index < -0.39 is 18.8 Å². The second-order valence-electron chi connectivity index (χ2n) is 7.38. The lowest BCUT2D eigenvalue weighted by Gasteiger charge is -2.34. The zero-order valence-electron chi connectivity index (χ0n) is 17.3. The summed E-state index contributed by atoms with van der Waals surface area (Å²) in [6, 6.07) is 13.1. The minimum absolute atomic E-state index is 0.0200. The highest BCUT2D eigenvalue weighted by Gasteiger charge is 2.37. The van der Waals surface area contributed by atoms with Crippen LogP contribution >= 0.6 is 0 Å². The van der Waals surface area contributed by atoms with Crippen LogP contribution < -0.4 is 24.4 Å². The molecule has 3 aromatic carbocycles. The third-order valence-corrected chi connectivity index (χ3v) is 5.47. The molecule has 0 unspecified atom stereocenters. The molecule has 4 aromatic rings. The number of rotatable bonds is 4.